The van der Waals surface area contributed by atoms with E-state index in [-0.39, 0.29) is 17.4 Å². The summed E-state index contributed by atoms with van der Waals surface area (Å²) in [7, 11) is 0. The van der Waals surface area contributed by atoms with Crippen molar-refractivity contribution in [2.24, 2.45) is 0 Å². The number of hydrogen-bond donors (Lipinski definition) is 1. The lowest BCUT2D eigenvalue weighted by Crippen LogP contribution is -2.42. The van der Waals surface area contributed by atoms with Crippen molar-refractivity contribution in [1.29, 1.82) is 0 Å². The summed E-state index contributed by atoms with van der Waals surface area (Å²) in [5.41, 5.74) is 0.953. The van der Waals surface area contributed by atoms with Gasteiger partial charge in [-0.2, -0.15) is 0 Å². The van der Waals surface area contributed by atoms with Crippen molar-refractivity contribution in [3.8, 4) is 5.75 Å². The molecule has 1 atom stereocenters. The summed E-state index contributed by atoms with van der Waals surface area (Å²) in [5.74, 6) is -1.49. The lowest BCUT2D eigenvalue weighted by atomic mass is 9.95. The number of Topliss-reactive ketones (excluding diaryl/α,β-unsaturated/α-hetero) is 1. The Hall–Kier alpha value is -3.23. The molecule has 0 aromatic heterocycles. The lowest BCUT2D eigenvalue weighted by molar-refractivity contribution is -0.140. The van der Waals surface area contributed by atoms with E-state index in [4.69, 9.17) is 9.47 Å². The van der Waals surface area contributed by atoms with E-state index in [1.54, 1.807) is 36.4 Å². The van der Waals surface area contributed by atoms with Crippen molar-refractivity contribution in [1.82, 2.24) is 9.80 Å². The predicted molar refractivity (Wildman–Crippen MR) is 125 cm³/mol. The van der Waals surface area contributed by atoms with Gasteiger partial charge in [-0.3, -0.25) is 14.5 Å². The minimum absolute atomic E-state index is 0.00360. The van der Waals surface area contributed by atoms with Gasteiger partial charge < -0.3 is 19.5 Å². The van der Waals surface area contributed by atoms with Gasteiger partial charge in [0.1, 0.15) is 17.3 Å². The van der Waals surface area contributed by atoms with Crippen LogP contribution < -0.4 is 4.74 Å². The average molecular weight is 469 g/mol. The van der Waals surface area contributed by atoms with Crippen LogP contribution in [0.3, 0.4) is 0 Å². The van der Waals surface area contributed by atoms with Crippen LogP contribution >= 0.6 is 0 Å². The molecule has 1 N–H and O–H groups in total. The highest BCUT2D eigenvalue weighted by Gasteiger charge is 2.46. The van der Waals surface area contributed by atoms with Crippen LogP contribution in [0.4, 0.5) is 4.39 Å². The van der Waals surface area contributed by atoms with Gasteiger partial charge in [-0.1, -0.05) is 12.1 Å². The van der Waals surface area contributed by atoms with Gasteiger partial charge in [0.2, 0.25) is 0 Å². The first-order chi connectivity index (χ1) is 16.3. The van der Waals surface area contributed by atoms with E-state index in [1.165, 1.54) is 17.0 Å². The first kappa shape index (κ1) is 23.9. The molecule has 2 heterocycles. The summed E-state index contributed by atoms with van der Waals surface area (Å²) < 4.78 is 24.6. The van der Waals surface area contributed by atoms with Crippen molar-refractivity contribution in [3.63, 3.8) is 0 Å². The maximum atomic E-state index is 13.6. The van der Waals surface area contributed by atoms with Gasteiger partial charge in [0.25, 0.3) is 11.7 Å². The maximum Gasteiger partial charge on any atom is 0.295 e. The van der Waals surface area contributed by atoms with E-state index in [9.17, 15) is 19.1 Å². The van der Waals surface area contributed by atoms with Crippen LogP contribution in [0.2, 0.25) is 0 Å². The van der Waals surface area contributed by atoms with E-state index in [0.717, 1.165) is 13.1 Å². The van der Waals surface area contributed by atoms with Crippen molar-refractivity contribution >= 4 is 17.4 Å². The van der Waals surface area contributed by atoms with Gasteiger partial charge >= 0.3 is 0 Å². The number of halogens is 1. The smallest absolute Gasteiger partial charge is 0.295 e. The summed E-state index contributed by atoms with van der Waals surface area (Å²) in [6, 6.07) is 11.6. The fraction of sp³-hybridized carbons (Fsp3) is 0.385. The number of ether oxygens (including phenoxy) is 2. The predicted octanol–water partition coefficient (Wildman–Crippen LogP) is 3.37. The Morgan fingerprint density at radius 2 is 1.71 bits per heavy atom. The summed E-state index contributed by atoms with van der Waals surface area (Å²) in [5, 5.41) is 11.1. The SMILES string of the molecule is CC(C)Oc1ccc(/C(O)=C2/C(=O)C(=O)N(CCN3CCOCC3)C2c2ccc(F)cc2)cc1. The van der Waals surface area contributed by atoms with Gasteiger partial charge in [0.05, 0.1) is 30.9 Å². The van der Waals surface area contributed by atoms with Crippen LogP contribution in [-0.4, -0.2) is 72.1 Å². The summed E-state index contributed by atoms with van der Waals surface area (Å²) >= 11 is 0. The van der Waals surface area contributed by atoms with Crippen molar-refractivity contribution in [3.05, 3.63) is 71.0 Å². The zero-order valence-electron chi connectivity index (χ0n) is 19.4. The molecule has 7 nitrogen and oxygen atoms in total. The molecule has 0 aliphatic carbocycles. The number of ketones is 1. The number of rotatable bonds is 7. The van der Waals surface area contributed by atoms with Gasteiger partial charge in [-0.15, -0.1) is 0 Å². The van der Waals surface area contributed by atoms with Crippen LogP contribution in [0.25, 0.3) is 5.76 Å². The topological polar surface area (TPSA) is 79.3 Å². The van der Waals surface area contributed by atoms with Crippen LogP contribution in [0.15, 0.2) is 54.1 Å². The molecule has 8 heteroatoms. The molecule has 0 radical (unpaired) electrons. The van der Waals surface area contributed by atoms with Crippen LogP contribution in [0.1, 0.15) is 31.0 Å². The van der Waals surface area contributed by atoms with Crippen LogP contribution in [0.5, 0.6) is 5.75 Å². The Labute approximate surface area is 198 Å². The van der Waals surface area contributed by atoms with E-state index >= 15 is 0 Å². The molecular weight excluding hydrogens is 439 g/mol. The summed E-state index contributed by atoms with van der Waals surface area (Å²) in [6.07, 6.45) is -0.00489. The van der Waals surface area contributed by atoms with Crippen molar-refractivity contribution < 1.29 is 28.6 Å². The second-order valence-electron chi connectivity index (χ2n) is 8.69. The molecule has 34 heavy (non-hydrogen) atoms. The number of nitrogens with zero attached hydrogens (tertiary/aromatic N) is 2. The van der Waals surface area contributed by atoms with Crippen molar-refractivity contribution in [2.75, 3.05) is 39.4 Å². The zero-order chi connectivity index (χ0) is 24.2. The molecule has 0 spiro atoms. The quantitative estimate of drug-likeness (QED) is 0.381. The highest BCUT2D eigenvalue weighted by atomic mass is 19.1. The van der Waals surface area contributed by atoms with E-state index in [0.29, 0.717) is 43.2 Å². The first-order valence-electron chi connectivity index (χ1n) is 11.5. The third-order valence-corrected chi connectivity index (χ3v) is 5.99. The van der Waals surface area contributed by atoms with Gasteiger partial charge in [-0.05, 0) is 55.8 Å². The Kier molecular flexibility index (Phi) is 7.29. The highest BCUT2D eigenvalue weighted by molar-refractivity contribution is 6.46. The number of morpholine rings is 1. The Balaban J connectivity index is 1.69. The molecule has 0 bridgehead atoms. The van der Waals surface area contributed by atoms with Crippen LogP contribution in [0, 0.1) is 5.82 Å². The number of benzene rings is 2. The fourth-order valence-electron chi connectivity index (χ4n) is 4.30. The third-order valence-electron chi connectivity index (χ3n) is 5.99. The molecule has 2 aliphatic rings. The molecule has 1 unspecified atom stereocenters. The minimum Gasteiger partial charge on any atom is -0.507 e. The Morgan fingerprint density at radius 3 is 2.32 bits per heavy atom. The molecule has 1 amide bonds. The number of carbonyl (C=O) groups is 2. The van der Waals surface area contributed by atoms with E-state index < -0.39 is 23.5 Å². The summed E-state index contributed by atoms with van der Waals surface area (Å²) in [4.78, 5) is 29.8. The summed E-state index contributed by atoms with van der Waals surface area (Å²) in [6.45, 7) is 7.42. The maximum absolute atomic E-state index is 13.6. The fourth-order valence-corrected chi connectivity index (χ4v) is 4.30. The van der Waals surface area contributed by atoms with E-state index in [2.05, 4.69) is 4.90 Å². The molecule has 2 aromatic carbocycles. The van der Waals surface area contributed by atoms with Gasteiger partial charge in [0, 0.05) is 31.7 Å². The number of aliphatic hydroxyl groups excluding tert-OH is 1. The second kappa shape index (κ2) is 10.4. The third kappa shape index (κ3) is 5.13. The molecular formula is C26H29FN2O5. The minimum atomic E-state index is -0.812. The Morgan fingerprint density at radius 1 is 1.06 bits per heavy atom. The normalized spacial score (nSPS) is 20.8. The monoisotopic (exact) mass is 468 g/mol. The molecule has 2 saturated heterocycles. The molecule has 2 fully saturated rings. The van der Waals surface area contributed by atoms with Gasteiger partial charge in [0.15, 0.2) is 0 Å². The molecule has 180 valence electrons. The molecule has 4 rings (SSSR count). The number of amides is 1. The average Bonchev–Trinajstić information content (AvgIpc) is 3.08. The number of hydrogen-bond acceptors (Lipinski definition) is 6. The first-order valence-corrected chi connectivity index (χ1v) is 11.5. The largest absolute Gasteiger partial charge is 0.507 e. The molecule has 2 aliphatic heterocycles. The Bertz CT molecular complexity index is 1060. The number of likely N-dealkylation sites (tertiary alicyclic amines) is 1. The molecule has 0 saturated carbocycles. The standard InChI is InChI=1S/C26H29FN2O5/c1-17(2)34-21-9-5-19(6-10-21)24(30)22-23(18-3-7-20(27)8-4-18)29(26(32)25(22)31)12-11-28-13-15-33-16-14-28/h3-10,17,23,30H,11-16H2,1-2H3/b24-22-. The van der Waals surface area contributed by atoms with Crippen LogP contribution in [-0.2, 0) is 14.3 Å². The second-order valence-corrected chi connectivity index (χ2v) is 8.69. The highest BCUT2D eigenvalue weighted by Crippen LogP contribution is 2.39. The lowest BCUT2D eigenvalue weighted by Gasteiger charge is -2.31. The van der Waals surface area contributed by atoms with Gasteiger partial charge in [-0.25, -0.2) is 4.39 Å². The van der Waals surface area contributed by atoms with Crippen molar-refractivity contribution in [2.45, 2.75) is 26.0 Å². The zero-order valence-corrected chi connectivity index (χ0v) is 19.4. The number of aliphatic hydroxyl groups is 1. The molecule has 2 aromatic rings. The van der Waals surface area contributed by atoms with E-state index in [1.807, 2.05) is 13.8 Å². The number of carbonyl (C=O) groups excluding carboxylic acids is 2.